The second-order valence-corrected chi connectivity index (χ2v) is 17.3. The van der Waals surface area contributed by atoms with Crippen LogP contribution in [0.3, 0.4) is 0 Å². The predicted octanol–water partition coefficient (Wildman–Crippen LogP) is 10.7. The Kier molecular flexibility index (Phi) is 37.5. The highest BCUT2D eigenvalue weighted by atomic mass is 16.7. The van der Waals surface area contributed by atoms with Crippen molar-refractivity contribution in [3.05, 3.63) is 24.3 Å². The van der Waals surface area contributed by atoms with Crippen LogP contribution in [0.1, 0.15) is 226 Å². The lowest BCUT2D eigenvalue weighted by molar-refractivity contribution is -0.302. The number of ether oxygens (including phenoxy) is 2. The van der Waals surface area contributed by atoms with E-state index in [1.165, 1.54) is 154 Å². The van der Waals surface area contributed by atoms with Crippen LogP contribution in [-0.2, 0) is 14.3 Å². The van der Waals surface area contributed by atoms with Gasteiger partial charge in [0.2, 0.25) is 5.91 Å². The van der Waals surface area contributed by atoms with Gasteiger partial charge in [0, 0.05) is 6.42 Å². The first-order valence-corrected chi connectivity index (χ1v) is 24.6. The van der Waals surface area contributed by atoms with Crippen molar-refractivity contribution in [2.24, 2.45) is 0 Å². The second-order valence-electron chi connectivity index (χ2n) is 17.3. The molecule has 1 fully saturated rings. The summed E-state index contributed by atoms with van der Waals surface area (Å²) < 4.78 is 11.1. The molecule has 342 valence electrons. The smallest absolute Gasteiger partial charge is 0.220 e. The number of rotatable bonds is 41. The summed E-state index contributed by atoms with van der Waals surface area (Å²) in [6, 6.07) is -0.814. The number of carbonyl (C=O) groups excluding carboxylic acids is 1. The number of hydrogen-bond donors (Lipinski definition) is 6. The van der Waals surface area contributed by atoms with E-state index >= 15 is 0 Å². The molecule has 0 spiro atoms. The van der Waals surface area contributed by atoms with E-state index in [4.69, 9.17) is 9.47 Å². The fourth-order valence-electron chi connectivity index (χ4n) is 7.82. The molecule has 0 aromatic heterocycles. The zero-order valence-corrected chi connectivity index (χ0v) is 37.6. The van der Waals surface area contributed by atoms with Gasteiger partial charge >= 0.3 is 0 Å². The Morgan fingerprint density at radius 2 is 0.983 bits per heavy atom. The Bertz CT molecular complexity index is 961. The number of unbranched alkanes of at least 4 members (excludes halogenated alkanes) is 29. The Morgan fingerprint density at radius 1 is 0.569 bits per heavy atom. The number of hydrogen-bond acceptors (Lipinski definition) is 8. The zero-order chi connectivity index (χ0) is 42.3. The van der Waals surface area contributed by atoms with Crippen molar-refractivity contribution in [2.45, 2.75) is 269 Å². The lowest BCUT2D eigenvalue weighted by atomic mass is 9.99. The Hall–Kier alpha value is -1.33. The van der Waals surface area contributed by atoms with Crippen LogP contribution in [-0.4, -0.2) is 87.5 Å². The van der Waals surface area contributed by atoms with E-state index in [1.807, 2.05) is 6.08 Å². The fraction of sp³-hybridized carbons (Fsp3) is 0.898. The third kappa shape index (κ3) is 29.8. The minimum atomic E-state index is -1.57. The van der Waals surface area contributed by atoms with E-state index in [0.29, 0.717) is 6.42 Å². The molecule has 6 N–H and O–H groups in total. The quantitative estimate of drug-likeness (QED) is 0.0264. The van der Waals surface area contributed by atoms with Crippen molar-refractivity contribution in [2.75, 3.05) is 13.2 Å². The molecule has 0 aromatic rings. The molecule has 58 heavy (non-hydrogen) atoms. The van der Waals surface area contributed by atoms with Gasteiger partial charge in [-0.15, -0.1) is 0 Å². The maximum atomic E-state index is 12.8. The van der Waals surface area contributed by atoms with Crippen molar-refractivity contribution in [3.8, 4) is 0 Å². The first kappa shape index (κ1) is 54.7. The number of allylic oxidation sites excluding steroid dienone is 3. The maximum absolute atomic E-state index is 12.8. The molecular formula is C49H93NO8. The molecule has 7 unspecified atom stereocenters. The third-order valence-corrected chi connectivity index (χ3v) is 11.8. The molecule has 0 saturated carbocycles. The average Bonchev–Trinajstić information content (AvgIpc) is 3.22. The van der Waals surface area contributed by atoms with Gasteiger partial charge in [0.05, 0.1) is 25.4 Å². The van der Waals surface area contributed by atoms with Crippen LogP contribution in [0.2, 0.25) is 0 Å². The summed E-state index contributed by atoms with van der Waals surface area (Å²) in [5.41, 5.74) is 0. The van der Waals surface area contributed by atoms with Crippen LogP contribution in [0.4, 0.5) is 0 Å². The zero-order valence-electron chi connectivity index (χ0n) is 37.6. The minimum absolute atomic E-state index is 0.196. The van der Waals surface area contributed by atoms with Gasteiger partial charge in [-0.25, -0.2) is 0 Å². The van der Waals surface area contributed by atoms with E-state index in [2.05, 4.69) is 31.3 Å². The van der Waals surface area contributed by atoms with Crippen molar-refractivity contribution >= 4 is 5.91 Å². The van der Waals surface area contributed by atoms with Crippen LogP contribution < -0.4 is 5.32 Å². The van der Waals surface area contributed by atoms with Crippen LogP contribution in [0.5, 0.6) is 0 Å². The molecule has 0 aliphatic carbocycles. The number of carbonyl (C=O) groups is 1. The van der Waals surface area contributed by atoms with E-state index in [1.54, 1.807) is 6.08 Å². The number of aliphatic hydroxyl groups is 5. The van der Waals surface area contributed by atoms with Crippen molar-refractivity contribution < 1.29 is 39.8 Å². The molecular weight excluding hydrogens is 731 g/mol. The first-order valence-electron chi connectivity index (χ1n) is 24.6. The highest BCUT2D eigenvalue weighted by Gasteiger charge is 2.44. The first-order chi connectivity index (χ1) is 28.3. The van der Waals surface area contributed by atoms with Gasteiger partial charge in [0.25, 0.3) is 0 Å². The molecule has 0 radical (unpaired) electrons. The monoisotopic (exact) mass is 824 g/mol. The van der Waals surface area contributed by atoms with E-state index in [-0.39, 0.29) is 12.5 Å². The Morgan fingerprint density at radius 3 is 1.45 bits per heavy atom. The summed E-state index contributed by atoms with van der Waals surface area (Å²) in [7, 11) is 0. The Labute approximate surface area is 356 Å². The summed E-state index contributed by atoms with van der Waals surface area (Å²) in [5, 5.41) is 53.9. The van der Waals surface area contributed by atoms with Gasteiger partial charge in [-0.3, -0.25) is 4.79 Å². The molecule has 1 aliphatic rings. The molecule has 1 amide bonds. The van der Waals surface area contributed by atoms with E-state index in [9.17, 15) is 30.3 Å². The van der Waals surface area contributed by atoms with Crippen LogP contribution >= 0.6 is 0 Å². The van der Waals surface area contributed by atoms with E-state index < -0.39 is 49.5 Å². The second kappa shape index (κ2) is 39.8. The summed E-state index contributed by atoms with van der Waals surface area (Å²) in [6.07, 6.45) is 41.5. The molecule has 7 atom stereocenters. The predicted molar refractivity (Wildman–Crippen MR) is 240 cm³/mol. The maximum Gasteiger partial charge on any atom is 0.220 e. The minimum Gasteiger partial charge on any atom is -0.394 e. The number of aliphatic hydroxyl groups excluding tert-OH is 5. The summed E-state index contributed by atoms with van der Waals surface area (Å²) in [4.78, 5) is 12.8. The van der Waals surface area contributed by atoms with Crippen LogP contribution in [0.15, 0.2) is 24.3 Å². The van der Waals surface area contributed by atoms with Gasteiger partial charge in [0.15, 0.2) is 6.29 Å². The standard InChI is InChI=1S/C49H93NO8/c1-3-5-7-9-11-12-13-14-15-16-17-18-19-20-21-22-23-24-25-26-27-28-29-30-31-32-33-34-36-38-43(52)42(50-45(53)39-37-35-10-8-6-4-2)41-57-49-48(56)47(55)46(54)44(40-51)58-49/h31-32,36,38,42-44,46-49,51-52,54-56H,3-30,33-35,37,39-41H2,1-2H3,(H,50,53)/b32-31+,38-36+. The van der Waals surface area contributed by atoms with Gasteiger partial charge < -0.3 is 40.3 Å². The number of nitrogens with one attached hydrogen (secondary N) is 1. The van der Waals surface area contributed by atoms with Crippen molar-refractivity contribution in [1.82, 2.24) is 5.32 Å². The molecule has 0 aromatic carbocycles. The van der Waals surface area contributed by atoms with Gasteiger partial charge in [0.1, 0.15) is 24.4 Å². The van der Waals surface area contributed by atoms with Crippen molar-refractivity contribution in [1.29, 1.82) is 0 Å². The van der Waals surface area contributed by atoms with Gasteiger partial charge in [-0.1, -0.05) is 212 Å². The molecule has 1 rings (SSSR count). The Balaban J connectivity index is 2.14. The average molecular weight is 824 g/mol. The van der Waals surface area contributed by atoms with Crippen molar-refractivity contribution in [3.63, 3.8) is 0 Å². The molecule has 9 heteroatoms. The third-order valence-electron chi connectivity index (χ3n) is 11.8. The lowest BCUT2D eigenvalue weighted by Crippen LogP contribution is -2.60. The summed E-state index contributed by atoms with van der Waals surface area (Å²) in [6.45, 7) is 3.69. The summed E-state index contributed by atoms with van der Waals surface area (Å²) >= 11 is 0. The van der Waals surface area contributed by atoms with E-state index in [0.717, 1.165) is 51.4 Å². The fourth-order valence-corrected chi connectivity index (χ4v) is 7.82. The summed E-state index contributed by atoms with van der Waals surface area (Å²) in [5.74, 6) is -0.196. The SMILES string of the molecule is CCCCCCCCCCCCCCCCCCCCCCCCC/C=C/CC/C=C/C(O)C(COC1OC(CO)C(O)C(O)C1O)NC(=O)CCCCCCCC. The molecule has 1 saturated heterocycles. The highest BCUT2D eigenvalue weighted by Crippen LogP contribution is 2.23. The molecule has 9 nitrogen and oxygen atoms in total. The topological polar surface area (TPSA) is 149 Å². The number of amides is 1. The lowest BCUT2D eigenvalue weighted by Gasteiger charge is -2.40. The molecule has 1 aliphatic heterocycles. The molecule has 0 bridgehead atoms. The van der Waals surface area contributed by atoms with Gasteiger partial charge in [-0.2, -0.15) is 0 Å². The normalized spacial score (nSPS) is 21.0. The molecule has 1 heterocycles. The highest BCUT2D eigenvalue weighted by molar-refractivity contribution is 5.76. The van der Waals surface area contributed by atoms with Crippen LogP contribution in [0.25, 0.3) is 0 Å². The largest absolute Gasteiger partial charge is 0.394 e. The van der Waals surface area contributed by atoms with Crippen LogP contribution in [0, 0.1) is 0 Å². The van der Waals surface area contributed by atoms with Gasteiger partial charge in [-0.05, 0) is 32.1 Å².